The molecule has 0 spiro atoms. The second kappa shape index (κ2) is 9.23. The fourth-order valence-electron chi connectivity index (χ4n) is 1.91. The molecule has 0 bridgehead atoms. The zero-order valence-electron chi connectivity index (χ0n) is 13.0. The second-order valence-electron chi connectivity index (χ2n) is 4.43. The molecule has 0 aromatic heterocycles. The molecular formula is C16H20N2O4. The highest BCUT2D eigenvalue weighted by Crippen LogP contribution is 2.29. The van der Waals surface area contributed by atoms with E-state index in [2.05, 4.69) is 13.2 Å². The van der Waals surface area contributed by atoms with Gasteiger partial charge in [0, 0.05) is 23.1 Å². The third-order valence-corrected chi connectivity index (χ3v) is 3.17. The lowest BCUT2D eigenvalue weighted by atomic mass is 9.89. The molecule has 0 heterocycles. The largest absolute Gasteiger partial charge is 0.268 e. The molecule has 0 radical (unpaired) electrons. The Morgan fingerprint density at radius 1 is 1.14 bits per heavy atom. The highest BCUT2D eigenvalue weighted by atomic mass is 16.6. The van der Waals surface area contributed by atoms with E-state index in [0.29, 0.717) is 11.1 Å². The Kier molecular flexibility index (Phi) is 8.07. The number of allylic oxidation sites excluding steroid dienone is 8. The van der Waals surface area contributed by atoms with Gasteiger partial charge in [0.05, 0.1) is 9.85 Å². The first-order valence-corrected chi connectivity index (χ1v) is 6.59. The van der Waals surface area contributed by atoms with Crippen molar-refractivity contribution in [3.8, 4) is 0 Å². The van der Waals surface area contributed by atoms with E-state index in [-0.39, 0.29) is 11.4 Å². The summed E-state index contributed by atoms with van der Waals surface area (Å²) in [7, 11) is 0. The predicted molar refractivity (Wildman–Crippen MR) is 87.2 cm³/mol. The molecular weight excluding hydrogens is 284 g/mol. The van der Waals surface area contributed by atoms with Crippen molar-refractivity contribution in [1.82, 2.24) is 0 Å². The standard InChI is InChI=1S/C16H20N2O4/c1-6-9-11-16(18(21)22)13(5)12(4)14(10-7-2)15(8-3)17(19)20/h6-12H,1-2H2,3-5H3/b11-9-,14-10-,15-8+,16-13-. The van der Waals surface area contributed by atoms with Gasteiger partial charge in [-0.2, -0.15) is 0 Å². The van der Waals surface area contributed by atoms with Gasteiger partial charge in [-0.25, -0.2) is 0 Å². The van der Waals surface area contributed by atoms with Crippen LogP contribution in [0.2, 0.25) is 0 Å². The maximum atomic E-state index is 11.2. The van der Waals surface area contributed by atoms with Crippen molar-refractivity contribution >= 4 is 0 Å². The third kappa shape index (κ3) is 4.97. The molecule has 118 valence electrons. The van der Waals surface area contributed by atoms with E-state index in [9.17, 15) is 20.2 Å². The minimum absolute atomic E-state index is 0.0952. The van der Waals surface area contributed by atoms with Crippen LogP contribution in [0, 0.1) is 26.1 Å². The van der Waals surface area contributed by atoms with Gasteiger partial charge in [-0.05, 0) is 19.9 Å². The molecule has 22 heavy (non-hydrogen) atoms. The molecule has 1 atom stereocenters. The summed E-state index contributed by atoms with van der Waals surface area (Å²) in [5, 5.41) is 22.3. The average Bonchev–Trinajstić information content (AvgIpc) is 2.45. The number of hydrogen-bond donors (Lipinski definition) is 0. The van der Waals surface area contributed by atoms with E-state index < -0.39 is 15.8 Å². The van der Waals surface area contributed by atoms with Gasteiger partial charge in [0.15, 0.2) is 0 Å². The van der Waals surface area contributed by atoms with Crippen molar-refractivity contribution in [2.45, 2.75) is 20.8 Å². The Hall–Kier alpha value is -2.76. The fraction of sp³-hybridized carbons (Fsp3) is 0.250. The molecule has 0 rings (SSSR count). The van der Waals surface area contributed by atoms with Crippen LogP contribution in [0.3, 0.4) is 0 Å². The number of nitrogens with zero attached hydrogens (tertiary/aromatic N) is 2. The van der Waals surface area contributed by atoms with Crippen LogP contribution in [0.5, 0.6) is 0 Å². The summed E-state index contributed by atoms with van der Waals surface area (Å²) in [5.41, 5.74) is 0.576. The Morgan fingerprint density at radius 3 is 2.09 bits per heavy atom. The molecule has 6 nitrogen and oxygen atoms in total. The van der Waals surface area contributed by atoms with Gasteiger partial charge in [-0.1, -0.05) is 44.4 Å². The Morgan fingerprint density at radius 2 is 1.73 bits per heavy atom. The van der Waals surface area contributed by atoms with Gasteiger partial charge in [-0.3, -0.25) is 20.2 Å². The minimum Gasteiger partial charge on any atom is -0.258 e. The number of hydrogen-bond acceptors (Lipinski definition) is 4. The molecule has 0 saturated heterocycles. The third-order valence-electron chi connectivity index (χ3n) is 3.17. The van der Waals surface area contributed by atoms with E-state index in [1.54, 1.807) is 20.8 Å². The summed E-state index contributed by atoms with van der Waals surface area (Å²) in [4.78, 5) is 21.3. The Bertz CT molecular complexity index is 595. The van der Waals surface area contributed by atoms with Crippen molar-refractivity contribution in [3.05, 3.63) is 92.4 Å². The van der Waals surface area contributed by atoms with Crippen molar-refractivity contribution < 1.29 is 9.85 Å². The van der Waals surface area contributed by atoms with Crippen LogP contribution in [0.15, 0.2) is 72.2 Å². The maximum Gasteiger partial charge on any atom is 0.268 e. The van der Waals surface area contributed by atoms with Crippen LogP contribution in [-0.2, 0) is 0 Å². The smallest absolute Gasteiger partial charge is 0.258 e. The van der Waals surface area contributed by atoms with Gasteiger partial charge in [0.25, 0.3) is 11.4 Å². The molecule has 0 fully saturated rings. The first kappa shape index (κ1) is 19.2. The van der Waals surface area contributed by atoms with E-state index in [1.165, 1.54) is 36.5 Å². The average molecular weight is 304 g/mol. The van der Waals surface area contributed by atoms with E-state index in [0.717, 1.165) is 0 Å². The van der Waals surface area contributed by atoms with E-state index in [4.69, 9.17) is 0 Å². The molecule has 0 N–H and O–H groups in total. The summed E-state index contributed by atoms with van der Waals surface area (Å²) in [6.07, 6.45) is 8.50. The monoisotopic (exact) mass is 304 g/mol. The molecule has 0 aromatic rings. The van der Waals surface area contributed by atoms with Gasteiger partial charge in [0.1, 0.15) is 0 Å². The summed E-state index contributed by atoms with van der Waals surface area (Å²) in [5.74, 6) is -0.510. The van der Waals surface area contributed by atoms with Gasteiger partial charge in [-0.15, -0.1) is 0 Å². The van der Waals surface area contributed by atoms with Crippen molar-refractivity contribution in [2.75, 3.05) is 0 Å². The molecule has 0 aliphatic heterocycles. The summed E-state index contributed by atoms with van der Waals surface area (Å²) in [6.45, 7) is 11.8. The SMILES string of the molecule is C=C/C=C\C(=C(/C)C(C)C(=C/C=C)/C(=C\C)[N+](=O)[O-])[N+](=O)[O-]. The second-order valence-corrected chi connectivity index (χ2v) is 4.43. The molecule has 0 aliphatic carbocycles. The van der Waals surface area contributed by atoms with E-state index in [1.807, 2.05) is 0 Å². The molecule has 0 saturated carbocycles. The van der Waals surface area contributed by atoms with Gasteiger partial charge >= 0.3 is 0 Å². The highest BCUT2D eigenvalue weighted by Gasteiger charge is 2.26. The lowest BCUT2D eigenvalue weighted by molar-refractivity contribution is -0.422. The van der Waals surface area contributed by atoms with Crippen LogP contribution in [0.25, 0.3) is 0 Å². The van der Waals surface area contributed by atoms with Crippen LogP contribution in [0.4, 0.5) is 0 Å². The van der Waals surface area contributed by atoms with Gasteiger partial charge < -0.3 is 0 Å². The Balaban J connectivity index is 6.08. The van der Waals surface area contributed by atoms with Crippen LogP contribution in [-0.4, -0.2) is 9.85 Å². The lowest BCUT2D eigenvalue weighted by Crippen LogP contribution is -2.13. The predicted octanol–water partition coefficient (Wildman–Crippen LogP) is 4.21. The normalized spacial score (nSPS) is 15.2. The van der Waals surface area contributed by atoms with E-state index >= 15 is 0 Å². The zero-order chi connectivity index (χ0) is 17.3. The van der Waals surface area contributed by atoms with Crippen molar-refractivity contribution in [1.29, 1.82) is 0 Å². The molecule has 0 aromatic carbocycles. The quantitative estimate of drug-likeness (QED) is 0.382. The summed E-state index contributed by atoms with van der Waals surface area (Å²) < 4.78 is 0. The first-order valence-electron chi connectivity index (χ1n) is 6.59. The molecule has 6 heteroatoms. The van der Waals surface area contributed by atoms with Crippen LogP contribution in [0.1, 0.15) is 20.8 Å². The topological polar surface area (TPSA) is 86.3 Å². The van der Waals surface area contributed by atoms with Crippen LogP contribution >= 0.6 is 0 Å². The molecule has 0 amide bonds. The highest BCUT2D eigenvalue weighted by molar-refractivity contribution is 5.37. The lowest BCUT2D eigenvalue weighted by Gasteiger charge is -2.14. The summed E-state index contributed by atoms with van der Waals surface area (Å²) >= 11 is 0. The minimum atomic E-state index is -0.515. The first-order chi connectivity index (χ1) is 10.3. The molecule has 0 aliphatic rings. The van der Waals surface area contributed by atoms with Crippen molar-refractivity contribution in [3.63, 3.8) is 0 Å². The Labute approximate surface area is 129 Å². The fourth-order valence-corrected chi connectivity index (χ4v) is 1.91. The maximum absolute atomic E-state index is 11.2. The number of nitro groups is 2. The summed E-state index contributed by atoms with van der Waals surface area (Å²) in [6, 6.07) is 0. The zero-order valence-corrected chi connectivity index (χ0v) is 13.0. The van der Waals surface area contributed by atoms with Crippen molar-refractivity contribution in [2.24, 2.45) is 5.92 Å². The van der Waals surface area contributed by atoms with Crippen LogP contribution < -0.4 is 0 Å². The number of rotatable bonds is 8. The molecule has 1 unspecified atom stereocenters. The van der Waals surface area contributed by atoms with Gasteiger partial charge in [0.2, 0.25) is 0 Å².